The number of furan rings is 1. The van der Waals surface area contributed by atoms with Crippen LogP contribution in [0.25, 0.3) is 64.0 Å². The lowest BCUT2D eigenvalue weighted by Gasteiger charge is -2.26. The summed E-state index contributed by atoms with van der Waals surface area (Å²) in [6.07, 6.45) is 0. The summed E-state index contributed by atoms with van der Waals surface area (Å²) in [5.74, 6) is 0. The van der Waals surface area contributed by atoms with E-state index in [2.05, 4.69) is 144 Å². The molecule has 3 heteroatoms. The van der Waals surface area contributed by atoms with Gasteiger partial charge in [0.05, 0.1) is 10.4 Å². The van der Waals surface area contributed by atoms with Crippen molar-refractivity contribution in [3.63, 3.8) is 0 Å². The summed E-state index contributed by atoms with van der Waals surface area (Å²) in [5.41, 5.74) is 7.57. The number of para-hydroxylation sites is 1. The molecule has 0 saturated carbocycles. The highest BCUT2D eigenvalue weighted by Gasteiger charge is 2.19. The van der Waals surface area contributed by atoms with E-state index in [0.29, 0.717) is 0 Å². The Kier molecular flexibility index (Phi) is 5.40. The summed E-state index contributed by atoms with van der Waals surface area (Å²) >= 11 is 1.85. The Hall–Kier alpha value is -5.38. The number of benzene rings is 7. The Morgan fingerprint density at radius 3 is 2.05 bits per heavy atom. The molecule has 0 saturated heterocycles. The number of nitrogens with zero attached hydrogens (tertiary/aromatic N) is 1. The van der Waals surface area contributed by atoms with Gasteiger partial charge in [-0.2, -0.15) is 0 Å². The second-order valence-corrected chi connectivity index (χ2v) is 12.0. The molecule has 202 valence electrons. The molecule has 0 fully saturated rings. The van der Waals surface area contributed by atoms with Crippen molar-refractivity contribution in [3.8, 4) is 11.1 Å². The van der Waals surface area contributed by atoms with Gasteiger partial charge in [-0.25, -0.2) is 0 Å². The molecule has 0 aliphatic rings. The molecular weight excluding hydrogens is 543 g/mol. The highest BCUT2D eigenvalue weighted by Crippen LogP contribution is 2.46. The SMILES string of the molecule is c1ccc2c(-c3ccc(N(c4ccc5c(c4)oc4ccccc45)c4cccc5c4sc4ccccc45)cc3)cccc2c1. The van der Waals surface area contributed by atoms with Crippen molar-refractivity contribution in [3.05, 3.63) is 152 Å². The molecule has 0 atom stereocenters. The van der Waals surface area contributed by atoms with E-state index in [9.17, 15) is 0 Å². The van der Waals surface area contributed by atoms with Crippen LogP contribution in [0.3, 0.4) is 0 Å². The lowest BCUT2D eigenvalue weighted by atomic mass is 9.98. The molecule has 0 N–H and O–H groups in total. The topological polar surface area (TPSA) is 16.4 Å². The maximum absolute atomic E-state index is 6.34. The van der Waals surface area contributed by atoms with E-state index in [-0.39, 0.29) is 0 Å². The van der Waals surface area contributed by atoms with Crippen LogP contribution in [-0.4, -0.2) is 0 Å². The Bertz CT molecular complexity index is 2460. The largest absolute Gasteiger partial charge is 0.456 e. The quantitative estimate of drug-likeness (QED) is 0.210. The zero-order valence-corrected chi connectivity index (χ0v) is 24.0. The van der Waals surface area contributed by atoms with Gasteiger partial charge in [0.15, 0.2) is 0 Å². The molecule has 0 amide bonds. The summed E-state index contributed by atoms with van der Waals surface area (Å²) in [4.78, 5) is 2.37. The van der Waals surface area contributed by atoms with Gasteiger partial charge in [0.1, 0.15) is 11.2 Å². The van der Waals surface area contributed by atoms with E-state index in [4.69, 9.17) is 4.42 Å². The Labute approximate surface area is 252 Å². The molecule has 0 aliphatic carbocycles. The van der Waals surface area contributed by atoms with Gasteiger partial charge >= 0.3 is 0 Å². The lowest BCUT2D eigenvalue weighted by molar-refractivity contribution is 0.669. The van der Waals surface area contributed by atoms with E-state index in [1.54, 1.807) is 0 Å². The minimum absolute atomic E-state index is 0.889. The van der Waals surface area contributed by atoms with E-state index in [1.165, 1.54) is 42.1 Å². The molecule has 9 aromatic rings. The molecule has 43 heavy (non-hydrogen) atoms. The number of hydrogen-bond acceptors (Lipinski definition) is 3. The molecule has 0 unspecified atom stereocenters. The highest BCUT2D eigenvalue weighted by molar-refractivity contribution is 7.26. The summed E-state index contributed by atoms with van der Waals surface area (Å²) in [6.45, 7) is 0. The number of hydrogen-bond donors (Lipinski definition) is 0. The third kappa shape index (κ3) is 3.86. The number of fused-ring (bicyclic) bond motifs is 7. The Morgan fingerprint density at radius 1 is 0.465 bits per heavy atom. The van der Waals surface area contributed by atoms with Crippen LogP contribution < -0.4 is 4.90 Å². The molecular formula is C40H25NOS. The summed E-state index contributed by atoms with van der Waals surface area (Å²) in [7, 11) is 0. The molecule has 0 spiro atoms. The van der Waals surface area contributed by atoms with Crippen LogP contribution in [0.5, 0.6) is 0 Å². The van der Waals surface area contributed by atoms with Gasteiger partial charge in [-0.05, 0) is 64.4 Å². The van der Waals surface area contributed by atoms with Crippen LogP contribution in [0.4, 0.5) is 17.1 Å². The summed E-state index contributed by atoms with van der Waals surface area (Å²) < 4.78 is 8.91. The first-order valence-electron chi connectivity index (χ1n) is 14.5. The van der Waals surface area contributed by atoms with Crippen molar-refractivity contribution >= 4 is 81.3 Å². The minimum Gasteiger partial charge on any atom is -0.456 e. The molecule has 7 aromatic carbocycles. The normalized spacial score (nSPS) is 11.7. The number of anilines is 3. The molecule has 0 radical (unpaired) electrons. The van der Waals surface area contributed by atoms with Gasteiger partial charge in [0, 0.05) is 43.7 Å². The first-order chi connectivity index (χ1) is 21.3. The van der Waals surface area contributed by atoms with Gasteiger partial charge in [-0.3, -0.25) is 0 Å². The number of rotatable bonds is 4. The second kappa shape index (κ2) is 9.59. The fourth-order valence-electron chi connectivity index (χ4n) is 6.46. The standard InChI is InChI=1S/C40H25NOS/c1-2-11-30-26(9-1)10-7-14-31(30)27-19-21-28(22-20-27)41(29-23-24-33-32-12-3-5-17-37(32)42-38(33)25-29)36-16-8-15-35-34-13-4-6-18-39(34)43-40(35)36/h1-25H. The summed E-state index contributed by atoms with van der Waals surface area (Å²) in [6, 6.07) is 54.3. The second-order valence-electron chi connectivity index (χ2n) is 10.9. The third-order valence-corrected chi connectivity index (χ3v) is 9.68. The van der Waals surface area contributed by atoms with Gasteiger partial charge in [0.25, 0.3) is 0 Å². The van der Waals surface area contributed by atoms with Crippen molar-refractivity contribution in [1.82, 2.24) is 0 Å². The van der Waals surface area contributed by atoms with Crippen molar-refractivity contribution in [2.24, 2.45) is 0 Å². The first-order valence-corrected chi connectivity index (χ1v) is 15.3. The van der Waals surface area contributed by atoms with Crippen molar-refractivity contribution in [2.75, 3.05) is 4.90 Å². The maximum Gasteiger partial charge on any atom is 0.137 e. The van der Waals surface area contributed by atoms with E-state index >= 15 is 0 Å². The van der Waals surface area contributed by atoms with Gasteiger partial charge in [-0.15, -0.1) is 11.3 Å². The summed E-state index contributed by atoms with van der Waals surface area (Å²) in [5, 5.41) is 7.36. The van der Waals surface area contributed by atoms with Crippen molar-refractivity contribution in [2.45, 2.75) is 0 Å². The zero-order chi connectivity index (χ0) is 28.3. The predicted octanol–water partition coefficient (Wildman–Crippen LogP) is 12.2. The zero-order valence-electron chi connectivity index (χ0n) is 23.2. The lowest BCUT2D eigenvalue weighted by Crippen LogP contribution is -2.10. The predicted molar refractivity (Wildman–Crippen MR) is 184 cm³/mol. The third-order valence-electron chi connectivity index (χ3n) is 8.47. The van der Waals surface area contributed by atoms with Crippen molar-refractivity contribution in [1.29, 1.82) is 0 Å². The fourth-order valence-corrected chi connectivity index (χ4v) is 7.66. The maximum atomic E-state index is 6.34. The van der Waals surface area contributed by atoms with Gasteiger partial charge < -0.3 is 9.32 Å². The van der Waals surface area contributed by atoms with Crippen LogP contribution in [-0.2, 0) is 0 Å². The monoisotopic (exact) mass is 567 g/mol. The van der Waals surface area contributed by atoms with Crippen LogP contribution in [0.1, 0.15) is 0 Å². The van der Waals surface area contributed by atoms with Gasteiger partial charge in [-0.1, -0.05) is 103 Å². The van der Waals surface area contributed by atoms with E-state index < -0.39 is 0 Å². The van der Waals surface area contributed by atoms with E-state index in [0.717, 1.165) is 39.0 Å². The first kappa shape index (κ1) is 24.2. The van der Waals surface area contributed by atoms with Crippen LogP contribution in [0.2, 0.25) is 0 Å². The fraction of sp³-hybridized carbons (Fsp3) is 0. The highest BCUT2D eigenvalue weighted by atomic mass is 32.1. The molecule has 9 rings (SSSR count). The molecule has 2 heterocycles. The van der Waals surface area contributed by atoms with Gasteiger partial charge in [0.2, 0.25) is 0 Å². The Morgan fingerprint density at radius 2 is 1.14 bits per heavy atom. The van der Waals surface area contributed by atoms with Crippen molar-refractivity contribution < 1.29 is 4.42 Å². The molecule has 2 aromatic heterocycles. The average Bonchev–Trinajstić information content (AvgIpc) is 3.64. The van der Waals surface area contributed by atoms with Crippen LogP contribution in [0, 0.1) is 0 Å². The van der Waals surface area contributed by atoms with E-state index in [1.807, 2.05) is 23.5 Å². The Balaban J connectivity index is 1.25. The average molecular weight is 568 g/mol. The molecule has 0 bridgehead atoms. The molecule has 2 nitrogen and oxygen atoms in total. The molecule has 0 aliphatic heterocycles. The minimum atomic E-state index is 0.889. The van der Waals surface area contributed by atoms with Crippen LogP contribution in [0.15, 0.2) is 156 Å². The number of thiophene rings is 1. The van der Waals surface area contributed by atoms with Crippen LogP contribution >= 0.6 is 11.3 Å². The smallest absolute Gasteiger partial charge is 0.137 e.